The zero-order valence-corrected chi connectivity index (χ0v) is 11.0. The van der Waals surface area contributed by atoms with Gasteiger partial charge in [-0.25, -0.2) is 0 Å². The van der Waals surface area contributed by atoms with Gasteiger partial charge in [-0.3, -0.25) is 10.2 Å². The average Bonchev–Trinajstić information content (AvgIpc) is 3.12. The van der Waals surface area contributed by atoms with Crippen LogP contribution in [0.1, 0.15) is 25.7 Å². The zero-order chi connectivity index (χ0) is 12.3. The highest BCUT2D eigenvalue weighted by Crippen LogP contribution is 2.20. The molecule has 96 valence electrons. The maximum atomic E-state index is 9.16. The number of piperidine rings is 1. The van der Waals surface area contributed by atoms with Gasteiger partial charge in [-0.05, 0) is 46.3 Å². The monoisotopic (exact) mass is 236 g/mol. The molecule has 0 aromatic heterocycles. The van der Waals surface area contributed by atoms with Crippen LogP contribution in [0.5, 0.6) is 0 Å². The van der Waals surface area contributed by atoms with Gasteiger partial charge in [0, 0.05) is 25.2 Å². The van der Waals surface area contributed by atoms with Crippen molar-refractivity contribution in [2.24, 2.45) is 0 Å². The normalized spacial score (nSPS) is 28.0. The first-order valence-electron chi connectivity index (χ1n) is 6.73. The van der Waals surface area contributed by atoms with E-state index in [1.807, 2.05) is 0 Å². The van der Waals surface area contributed by atoms with Gasteiger partial charge in [0.15, 0.2) is 0 Å². The molecule has 1 N–H and O–H groups in total. The lowest BCUT2D eigenvalue weighted by Gasteiger charge is -2.36. The molecular weight excluding hydrogens is 212 g/mol. The Kier molecular flexibility index (Phi) is 4.38. The third-order valence-electron chi connectivity index (χ3n) is 3.82. The van der Waals surface area contributed by atoms with Crippen LogP contribution in [-0.4, -0.2) is 61.7 Å². The number of likely N-dealkylation sites (tertiary alicyclic amines) is 1. The zero-order valence-electron chi connectivity index (χ0n) is 11.0. The van der Waals surface area contributed by atoms with Crippen LogP contribution in [0.25, 0.3) is 0 Å². The predicted octanol–water partition coefficient (Wildman–Crippen LogP) is 0.657. The Morgan fingerprint density at radius 1 is 1.41 bits per heavy atom. The molecule has 2 aliphatic rings. The van der Waals surface area contributed by atoms with Crippen LogP contribution in [0.4, 0.5) is 0 Å². The average molecular weight is 236 g/mol. The van der Waals surface area contributed by atoms with Gasteiger partial charge in [-0.1, -0.05) is 0 Å². The summed E-state index contributed by atoms with van der Waals surface area (Å²) in [6, 6.07) is 3.69. The highest BCUT2D eigenvalue weighted by Gasteiger charge is 2.27. The van der Waals surface area contributed by atoms with Crippen molar-refractivity contribution in [2.45, 2.75) is 43.8 Å². The van der Waals surface area contributed by atoms with Crippen LogP contribution in [0.15, 0.2) is 0 Å². The van der Waals surface area contributed by atoms with Gasteiger partial charge in [0.2, 0.25) is 0 Å². The number of hydrogen-bond acceptors (Lipinski definition) is 4. The molecule has 1 heterocycles. The second-order valence-electron chi connectivity index (χ2n) is 5.64. The van der Waals surface area contributed by atoms with E-state index in [0.717, 1.165) is 19.6 Å². The molecule has 0 spiro atoms. The Balaban J connectivity index is 1.78. The van der Waals surface area contributed by atoms with Crippen LogP contribution in [0, 0.1) is 11.3 Å². The first kappa shape index (κ1) is 12.8. The van der Waals surface area contributed by atoms with Gasteiger partial charge >= 0.3 is 0 Å². The number of hydrogen-bond donors (Lipinski definition) is 1. The van der Waals surface area contributed by atoms with Crippen LogP contribution >= 0.6 is 0 Å². The summed E-state index contributed by atoms with van der Waals surface area (Å²) in [6.07, 6.45) is 5.04. The molecule has 4 heteroatoms. The number of rotatable bonds is 5. The third-order valence-corrected chi connectivity index (χ3v) is 3.82. The fourth-order valence-electron chi connectivity index (χ4n) is 2.54. The summed E-state index contributed by atoms with van der Waals surface area (Å²) >= 11 is 0. The summed E-state index contributed by atoms with van der Waals surface area (Å²) < 4.78 is 0. The second-order valence-corrected chi connectivity index (χ2v) is 5.64. The van der Waals surface area contributed by atoms with Crippen molar-refractivity contribution in [1.82, 2.24) is 15.1 Å². The summed E-state index contributed by atoms with van der Waals surface area (Å²) in [5, 5.41) is 12.6. The fourth-order valence-corrected chi connectivity index (χ4v) is 2.54. The summed E-state index contributed by atoms with van der Waals surface area (Å²) in [6.45, 7) is 3.14. The number of likely N-dealkylation sites (N-methyl/N-ethyl adjacent to an activating group) is 1. The molecule has 0 amide bonds. The van der Waals surface area contributed by atoms with E-state index < -0.39 is 0 Å². The van der Waals surface area contributed by atoms with Gasteiger partial charge in [-0.2, -0.15) is 5.26 Å². The van der Waals surface area contributed by atoms with E-state index >= 15 is 0 Å². The third kappa shape index (κ3) is 3.95. The van der Waals surface area contributed by atoms with E-state index in [4.69, 9.17) is 5.26 Å². The van der Waals surface area contributed by atoms with E-state index in [9.17, 15) is 0 Å². The lowest BCUT2D eigenvalue weighted by Crippen LogP contribution is -2.49. The highest BCUT2D eigenvalue weighted by molar-refractivity contribution is 4.98. The number of nitrogens with zero attached hydrogens (tertiary/aromatic N) is 3. The second kappa shape index (κ2) is 5.81. The minimum atomic E-state index is 0.0170. The van der Waals surface area contributed by atoms with Gasteiger partial charge in [-0.15, -0.1) is 0 Å². The van der Waals surface area contributed by atoms with Gasteiger partial charge in [0.25, 0.3) is 0 Å². The number of nitrogens with one attached hydrogen (secondary N) is 1. The summed E-state index contributed by atoms with van der Waals surface area (Å²) in [4.78, 5) is 4.75. The van der Waals surface area contributed by atoms with Gasteiger partial charge in [0.1, 0.15) is 6.04 Å². The standard InChI is InChI=1S/C13H24N4/c1-16(2)13-4-3-7-17(10-13)9-12(8-14)15-11-5-6-11/h11-13,15H,3-7,9-10H2,1-2H3. The Morgan fingerprint density at radius 3 is 2.76 bits per heavy atom. The minimum absolute atomic E-state index is 0.0170. The highest BCUT2D eigenvalue weighted by atomic mass is 15.2. The van der Waals surface area contributed by atoms with Crippen molar-refractivity contribution >= 4 is 0 Å². The Hall–Kier alpha value is -0.630. The molecule has 4 nitrogen and oxygen atoms in total. The Labute approximate surface area is 105 Å². The minimum Gasteiger partial charge on any atom is -0.305 e. The number of nitriles is 1. The first-order valence-corrected chi connectivity index (χ1v) is 6.73. The topological polar surface area (TPSA) is 42.3 Å². The van der Waals surface area contributed by atoms with Crippen LogP contribution in [0.3, 0.4) is 0 Å². The largest absolute Gasteiger partial charge is 0.305 e. The van der Waals surface area contributed by atoms with Crippen molar-refractivity contribution in [1.29, 1.82) is 5.26 Å². The quantitative estimate of drug-likeness (QED) is 0.761. The van der Waals surface area contributed by atoms with Gasteiger partial charge in [0.05, 0.1) is 6.07 Å². The molecular formula is C13H24N4. The summed E-state index contributed by atoms with van der Waals surface area (Å²) in [5.74, 6) is 0. The lowest BCUT2D eigenvalue weighted by atomic mass is 10.0. The molecule has 2 unspecified atom stereocenters. The van der Waals surface area contributed by atoms with Crippen LogP contribution < -0.4 is 5.32 Å². The van der Waals surface area contributed by atoms with Gasteiger partial charge < -0.3 is 4.90 Å². The molecule has 2 fully saturated rings. The van der Waals surface area contributed by atoms with E-state index in [1.54, 1.807) is 0 Å². The SMILES string of the molecule is CN(C)C1CCCN(CC(C#N)NC2CC2)C1. The van der Waals surface area contributed by atoms with Crippen molar-refractivity contribution < 1.29 is 0 Å². The molecule has 1 aliphatic carbocycles. The van der Waals surface area contributed by atoms with E-state index in [-0.39, 0.29) is 6.04 Å². The summed E-state index contributed by atoms with van der Waals surface area (Å²) in [7, 11) is 4.30. The molecule has 0 aromatic rings. The Morgan fingerprint density at radius 2 is 2.18 bits per heavy atom. The molecule has 1 aliphatic heterocycles. The lowest BCUT2D eigenvalue weighted by molar-refractivity contribution is 0.128. The van der Waals surface area contributed by atoms with Crippen molar-refractivity contribution in [3.63, 3.8) is 0 Å². The smallest absolute Gasteiger partial charge is 0.108 e. The Bertz CT molecular complexity index is 280. The van der Waals surface area contributed by atoms with E-state index in [1.165, 1.54) is 25.7 Å². The maximum absolute atomic E-state index is 9.16. The van der Waals surface area contributed by atoms with E-state index in [0.29, 0.717) is 12.1 Å². The van der Waals surface area contributed by atoms with Crippen molar-refractivity contribution in [2.75, 3.05) is 33.7 Å². The first-order chi connectivity index (χ1) is 8.19. The molecule has 17 heavy (non-hydrogen) atoms. The van der Waals surface area contributed by atoms with Crippen LogP contribution in [-0.2, 0) is 0 Å². The van der Waals surface area contributed by atoms with Crippen LogP contribution in [0.2, 0.25) is 0 Å². The molecule has 0 bridgehead atoms. The fraction of sp³-hybridized carbons (Fsp3) is 0.923. The molecule has 0 aromatic carbocycles. The molecule has 1 saturated carbocycles. The molecule has 2 rings (SSSR count). The maximum Gasteiger partial charge on any atom is 0.108 e. The van der Waals surface area contributed by atoms with Crippen molar-refractivity contribution in [3.05, 3.63) is 0 Å². The predicted molar refractivity (Wildman–Crippen MR) is 68.7 cm³/mol. The van der Waals surface area contributed by atoms with E-state index in [2.05, 4.69) is 35.3 Å². The molecule has 1 saturated heterocycles. The summed E-state index contributed by atoms with van der Waals surface area (Å²) in [5.41, 5.74) is 0. The van der Waals surface area contributed by atoms with Crippen molar-refractivity contribution in [3.8, 4) is 6.07 Å². The molecule has 0 radical (unpaired) electrons. The molecule has 2 atom stereocenters.